The molecule has 1 aromatic carbocycles. The summed E-state index contributed by atoms with van der Waals surface area (Å²) in [5.74, 6) is 0.0348. The van der Waals surface area contributed by atoms with Crippen LogP contribution in [0, 0.1) is 0 Å². The van der Waals surface area contributed by atoms with Gasteiger partial charge in [0.05, 0.1) is 5.56 Å². The van der Waals surface area contributed by atoms with Gasteiger partial charge in [-0.1, -0.05) is 18.2 Å². The molecule has 3 rings (SSSR count). The van der Waals surface area contributed by atoms with Gasteiger partial charge < -0.3 is 9.15 Å². The Morgan fingerprint density at radius 2 is 1.95 bits per heavy atom. The molecule has 0 amide bonds. The molecule has 0 saturated heterocycles. The van der Waals surface area contributed by atoms with Crippen molar-refractivity contribution in [2.75, 3.05) is 0 Å². The summed E-state index contributed by atoms with van der Waals surface area (Å²) in [5.41, 5.74) is 1.00. The second kappa shape index (κ2) is 6.48. The number of esters is 1. The van der Waals surface area contributed by atoms with Crippen LogP contribution in [0.2, 0.25) is 0 Å². The zero-order valence-electron chi connectivity index (χ0n) is 11.3. The summed E-state index contributed by atoms with van der Waals surface area (Å²) < 4.78 is 11.4. The van der Waals surface area contributed by atoms with Crippen LogP contribution in [0.3, 0.4) is 0 Å². The van der Waals surface area contributed by atoms with Gasteiger partial charge in [-0.15, -0.1) is 10.2 Å². The molecule has 22 heavy (non-hydrogen) atoms. The second-order valence-corrected chi connectivity index (χ2v) is 5.13. The lowest BCUT2D eigenvalue weighted by Gasteiger charge is -2.00. The van der Waals surface area contributed by atoms with Gasteiger partial charge in [-0.2, -0.15) is 0 Å². The first-order valence-corrected chi connectivity index (χ1v) is 7.19. The van der Waals surface area contributed by atoms with Gasteiger partial charge in [0.2, 0.25) is 5.89 Å². The third-order valence-electron chi connectivity index (χ3n) is 2.77. The molecule has 0 atom stereocenters. The number of nitrogens with zero attached hydrogens (tertiary/aromatic N) is 3. The zero-order chi connectivity index (χ0) is 15.4. The molecule has 3 aromatic rings. The van der Waals surface area contributed by atoms with Gasteiger partial charge in [0.1, 0.15) is 5.69 Å². The van der Waals surface area contributed by atoms with Gasteiger partial charge in [0.25, 0.3) is 5.89 Å². The molecule has 0 fully saturated rings. The first-order chi connectivity index (χ1) is 10.7. The highest BCUT2D eigenvalue weighted by molar-refractivity contribution is 9.10. The van der Waals surface area contributed by atoms with Crippen LogP contribution in [0.15, 0.2) is 57.6 Å². The number of pyridine rings is 1. The molecule has 0 unspecified atom stereocenters. The fourth-order valence-corrected chi connectivity index (χ4v) is 2.19. The topological polar surface area (TPSA) is 78.1 Å². The summed E-state index contributed by atoms with van der Waals surface area (Å²) in [6.07, 6.45) is 1.52. The summed E-state index contributed by atoms with van der Waals surface area (Å²) in [7, 11) is 0. The maximum atomic E-state index is 11.8. The first-order valence-electron chi connectivity index (χ1n) is 6.39. The molecular weight excluding hydrogens is 350 g/mol. The fourth-order valence-electron chi connectivity index (χ4n) is 1.74. The Morgan fingerprint density at radius 1 is 1.14 bits per heavy atom. The van der Waals surface area contributed by atoms with E-state index in [9.17, 15) is 4.79 Å². The molecule has 110 valence electrons. The van der Waals surface area contributed by atoms with E-state index in [0.29, 0.717) is 5.89 Å². The SMILES string of the molecule is O=C(OCc1nnc(-c2ccccc2Br)o1)c1ccccn1. The molecule has 0 aliphatic heterocycles. The number of hydrogen-bond acceptors (Lipinski definition) is 6. The number of ether oxygens (including phenoxy) is 1. The predicted octanol–water partition coefficient (Wildman–Crippen LogP) is 3.25. The van der Waals surface area contributed by atoms with E-state index in [-0.39, 0.29) is 18.2 Å². The van der Waals surface area contributed by atoms with Crippen LogP contribution in [-0.4, -0.2) is 21.2 Å². The minimum atomic E-state index is -0.541. The Kier molecular flexibility index (Phi) is 4.24. The van der Waals surface area contributed by atoms with Gasteiger partial charge in [-0.3, -0.25) is 0 Å². The molecule has 7 heteroatoms. The highest BCUT2D eigenvalue weighted by atomic mass is 79.9. The Balaban J connectivity index is 1.68. The average Bonchev–Trinajstić information content (AvgIpc) is 3.02. The van der Waals surface area contributed by atoms with Crippen molar-refractivity contribution in [1.82, 2.24) is 15.2 Å². The standard InChI is InChI=1S/C15H10BrN3O3/c16-11-6-2-1-5-10(11)14-19-18-13(22-14)9-21-15(20)12-7-3-4-8-17-12/h1-8H,9H2. The molecule has 0 N–H and O–H groups in total. The molecule has 0 bridgehead atoms. The molecule has 0 spiro atoms. The van der Waals surface area contributed by atoms with Crippen LogP contribution < -0.4 is 0 Å². The Labute approximate surface area is 134 Å². The van der Waals surface area contributed by atoms with Gasteiger partial charge in [0.15, 0.2) is 6.61 Å². The smallest absolute Gasteiger partial charge is 0.357 e. The van der Waals surface area contributed by atoms with Crippen LogP contribution in [0.5, 0.6) is 0 Å². The van der Waals surface area contributed by atoms with Crippen LogP contribution >= 0.6 is 15.9 Å². The first kappa shape index (κ1) is 14.4. The minimum absolute atomic E-state index is 0.104. The number of carbonyl (C=O) groups excluding carboxylic acids is 1. The fraction of sp³-hybridized carbons (Fsp3) is 0.0667. The molecule has 2 aromatic heterocycles. The lowest BCUT2D eigenvalue weighted by atomic mass is 10.2. The predicted molar refractivity (Wildman–Crippen MR) is 80.8 cm³/mol. The van der Waals surface area contributed by atoms with E-state index >= 15 is 0 Å². The van der Waals surface area contributed by atoms with Crippen LogP contribution in [0.1, 0.15) is 16.4 Å². The van der Waals surface area contributed by atoms with Crippen molar-refractivity contribution in [2.24, 2.45) is 0 Å². The number of benzene rings is 1. The molecule has 0 saturated carbocycles. The van der Waals surface area contributed by atoms with E-state index in [1.807, 2.05) is 24.3 Å². The number of rotatable bonds is 4. The lowest BCUT2D eigenvalue weighted by molar-refractivity contribution is 0.0431. The minimum Gasteiger partial charge on any atom is -0.451 e. The van der Waals surface area contributed by atoms with Gasteiger partial charge in [-0.05, 0) is 40.2 Å². The Bertz CT molecular complexity index is 789. The van der Waals surface area contributed by atoms with Crippen LogP contribution in [-0.2, 0) is 11.3 Å². The maximum absolute atomic E-state index is 11.8. The lowest BCUT2D eigenvalue weighted by Crippen LogP contribution is -2.07. The molecule has 0 aliphatic rings. The van der Waals surface area contributed by atoms with Gasteiger partial charge in [-0.25, -0.2) is 9.78 Å². The monoisotopic (exact) mass is 359 g/mol. The largest absolute Gasteiger partial charge is 0.451 e. The number of halogens is 1. The molecule has 0 radical (unpaired) electrons. The van der Waals surface area contributed by atoms with Crippen molar-refractivity contribution in [1.29, 1.82) is 0 Å². The summed E-state index contributed by atoms with van der Waals surface area (Å²) in [4.78, 5) is 15.7. The van der Waals surface area contributed by atoms with E-state index in [4.69, 9.17) is 9.15 Å². The van der Waals surface area contributed by atoms with Crippen molar-refractivity contribution in [3.8, 4) is 11.5 Å². The summed E-state index contributed by atoms with van der Waals surface area (Å²) >= 11 is 3.41. The highest BCUT2D eigenvalue weighted by Crippen LogP contribution is 2.26. The number of carbonyl (C=O) groups is 1. The van der Waals surface area contributed by atoms with E-state index in [1.54, 1.807) is 18.2 Å². The molecule has 6 nitrogen and oxygen atoms in total. The quantitative estimate of drug-likeness (QED) is 0.665. The van der Waals surface area contributed by atoms with Crippen molar-refractivity contribution < 1.29 is 13.9 Å². The summed E-state index contributed by atoms with van der Waals surface area (Å²) in [6.45, 7) is -0.104. The second-order valence-electron chi connectivity index (χ2n) is 4.27. The van der Waals surface area contributed by atoms with Crippen LogP contribution in [0.4, 0.5) is 0 Å². The zero-order valence-corrected chi connectivity index (χ0v) is 12.9. The summed E-state index contributed by atoms with van der Waals surface area (Å²) in [6, 6.07) is 12.5. The van der Waals surface area contributed by atoms with Crippen molar-refractivity contribution in [2.45, 2.75) is 6.61 Å². The van der Waals surface area contributed by atoms with E-state index in [1.165, 1.54) is 6.20 Å². The van der Waals surface area contributed by atoms with E-state index in [0.717, 1.165) is 10.0 Å². The van der Waals surface area contributed by atoms with Crippen molar-refractivity contribution in [3.05, 3.63) is 64.7 Å². The molecule has 0 aliphatic carbocycles. The van der Waals surface area contributed by atoms with E-state index in [2.05, 4.69) is 31.1 Å². The molecular formula is C15H10BrN3O3. The maximum Gasteiger partial charge on any atom is 0.357 e. The van der Waals surface area contributed by atoms with E-state index < -0.39 is 5.97 Å². The number of aromatic nitrogens is 3. The van der Waals surface area contributed by atoms with Gasteiger partial charge >= 0.3 is 5.97 Å². The summed E-state index contributed by atoms with van der Waals surface area (Å²) in [5, 5.41) is 7.81. The normalized spacial score (nSPS) is 10.4. The van der Waals surface area contributed by atoms with Gasteiger partial charge in [0, 0.05) is 10.7 Å². The molecule has 2 heterocycles. The van der Waals surface area contributed by atoms with Crippen molar-refractivity contribution >= 4 is 21.9 Å². The third-order valence-corrected chi connectivity index (χ3v) is 3.46. The Morgan fingerprint density at radius 3 is 2.73 bits per heavy atom. The average molecular weight is 360 g/mol. The Hall–Kier alpha value is -2.54. The van der Waals surface area contributed by atoms with Crippen LogP contribution in [0.25, 0.3) is 11.5 Å². The highest BCUT2D eigenvalue weighted by Gasteiger charge is 2.14. The van der Waals surface area contributed by atoms with Crippen molar-refractivity contribution in [3.63, 3.8) is 0 Å². The number of hydrogen-bond donors (Lipinski definition) is 0. The third kappa shape index (κ3) is 3.20.